The molecule has 1 aromatic carbocycles. The number of rotatable bonds is 7. The van der Waals surface area contributed by atoms with E-state index in [0.717, 1.165) is 17.7 Å². The van der Waals surface area contributed by atoms with Crippen LogP contribution in [-0.2, 0) is 24.2 Å². The lowest BCUT2D eigenvalue weighted by molar-refractivity contribution is -0.119. The molecule has 0 unspecified atom stereocenters. The lowest BCUT2D eigenvalue weighted by Gasteiger charge is -2.22. The van der Waals surface area contributed by atoms with E-state index in [-0.39, 0.29) is 18.0 Å². The summed E-state index contributed by atoms with van der Waals surface area (Å²) in [7, 11) is 0. The van der Waals surface area contributed by atoms with Crippen molar-refractivity contribution in [1.29, 1.82) is 0 Å². The Morgan fingerprint density at radius 3 is 2.47 bits per heavy atom. The van der Waals surface area contributed by atoms with Crippen LogP contribution >= 0.6 is 0 Å². The molecule has 4 aromatic rings. The number of hydrogen-bond acceptors (Lipinski definition) is 5. The Bertz CT molecular complexity index is 1280. The summed E-state index contributed by atoms with van der Waals surface area (Å²) in [5, 5.41) is 4.99. The summed E-state index contributed by atoms with van der Waals surface area (Å²) in [6.45, 7) is 4.36. The van der Waals surface area contributed by atoms with E-state index < -0.39 is 0 Å². The lowest BCUT2D eigenvalue weighted by atomic mass is 10.1. The largest absolute Gasteiger partial charge is 0.311 e. The molecular formula is C25H25N5O2. The first-order valence-corrected chi connectivity index (χ1v) is 10.7. The molecule has 0 saturated heterocycles. The van der Waals surface area contributed by atoms with E-state index in [1.54, 1.807) is 35.6 Å². The third-order valence-corrected chi connectivity index (χ3v) is 5.44. The van der Waals surface area contributed by atoms with Crippen molar-refractivity contribution >= 4 is 22.5 Å². The highest BCUT2D eigenvalue weighted by atomic mass is 16.2. The maximum absolute atomic E-state index is 13.2. The lowest BCUT2D eigenvalue weighted by Crippen LogP contribution is -2.38. The molecule has 7 nitrogen and oxygen atoms in total. The average Bonchev–Trinajstić information content (AvgIpc) is 2.83. The monoisotopic (exact) mass is 427 g/mol. The Morgan fingerprint density at radius 1 is 1.00 bits per heavy atom. The molecule has 0 saturated carbocycles. The first-order chi connectivity index (χ1) is 15.6. The number of nitrogens with zero attached hydrogens (tertiary/aromatic N) is 5. The Balaban J connectivity index is 1.69. The minimum atomic E-state index is -0.325. The number of anilines is 1. The predicted octanol–water partition coefficient (Wildman–Crippen LogP) is 3.39. The summed E-state index contributed by atoms with van der Waals surface area (Å²) in [5.41, 5.74) is 3.82. The average molecular weight is 428 g/mol. The number of carbonyl (C=O) groups excluding carboxylic acids is 1. The summed E-state index contributed by atoms with van der Waals surface area (Å²) in [5.74, 6) is -0.193. The Labute approximate surface area is 186 Å². The smallest absolute Gasteiger partial charge is 0.276 e. The minimum Gasteiger partial charge on any atom is -0.311 e. The van der Waals surface area contributed by atoms with Gasteiger partial charge < -0.3 is 4.90 Å². The normalized spacial score (nSPS) is 10.9. The number of aryl methyl sites for hydroxylation is 1. The summed E-state index contributed by atoms with van der Waals surface area (Å²) in [6, 6.07) is 15.2. The highest BCUT2D eigenvalue weighted by molar-refractivity contribution is 5.93. The third-order valence-electron chi connectivity index (χ3n) is 5.44. The number of aromatic nitrogens is 4. The fourth-order valence-corrected chi connectivity index (χ4v) is 3.74. The molecule has 0 radical (unpaired) electrons. The highest BCUT2D eigenvalue weighted by Gasteiger charge is 2.18. The van der Waals surface area contributed by atoms with Crippen molar-refractivity contribution in [3.8, 4) is 0 Å². The fraction of sp³-hybridized carbons (Fsp3) is 0.240. The second kappa shape index (κ2) is 9.51. The molecule has 0 fully saturated rings. The number of amides is 1. The van der Waals surface area contributed by atoms with Crippen LogP contribution in [0.25, 0.3) is 10.9 Å². The van der Waals surface area contributed by atoms with Crippen LogP contribution in [-0.4, -0.2) is 32.2 Å². The maximum atomic E-state index is 13.2. The maximum Gasteiger partial charge on any atom is 0.276 e. The molecule has 0 N–H and O–H groups in total. The molecule has 0 atom stereocenters. The SMILES string of the molecule is CCc1ccc(N(CC)C(=O)Cn2nc(Cc3cccnc3)c3ncccc3c2=O)cc1. The zero-order valence-electron chi connectivity index (χ0n) is 18.2. The van der Waals surface area contributed by atoms with Crippen LogP contribution in [0.2, 0.25) is 0 Å². The van der Waals surface area contributed by atoms with Gasteiger partial charge in [0.1, 0.15) is 6.54 Å². The second-order valence-corrected chi connectivity index (χ2v) is 7.51. The van der Waals surface area contributed by atoms with Gasteiger partial charge in [-0.3, -0.25) is 19.6 Å². The molecule has 4 rings (SSSR count). The number of benzene rings is 1. The molecule has 1 amide bonds. The molecule has 3 heterocycles. The predicted molar refractivity (Wildman–Crippen MR) is 125 cm³/mol. The molecule has 162 valence electrons. The molecule has 0 bridgehead atoms. The Morgan fingerprint density at radius 2 is 1.78 bits per heavy atom. The summed E-state index contributed by atoms with van der Waals surface area (Å²) < 4.78 is 1.25. The zero-order chi connectivity index (χ0) is 22.5. The van der Waals surface area contributed by atoms with Gasteiger partial charge in [0.15, 0.2) is 0 Å². The Hall–Kier alpha value is -3.87. The van der Waals surface area contributed by atoms with Crippen molar-refractivity contribution in [1.82, 2.24) is 19.7 Å². The molecule has 3 aromatic heterocycles. The number of pyridine rings is 2. The first-order valence-electron chi connectivity index (χ1n) is 10.7. The molecule has 7 heteroatoms. The summed E-state index contributed by atoms with van der Waals surface area (Å²) in [6.07, 6.45) is 6.51. The van der Waals surface area contributed by atoms with Crippen molar-refractivity contribution in [3.05, 3.63) is 94.3 Å². The van der Waals surface area contributed by atoms with Crippen LogP contribution in [0.1, 0.15) is 30.7 Å². The third kappa shape index (κ3) is 4.42. The summed E-state index contributed by atoms with van der Waals surface area (Å²) in [4.78, 5) is 36.4. The van der Waals surface area contributed by atoms with Crippen LogP contribution in [0.3, 0.4) is 0 Å². The van der Waals surface area contributed by atoms with Crippen molar-refractivity contribution in [2.75, 3.05) is 11.4 Å². The van der Waals surface area contributed by atoms with Crippen LogP contribution < -0.4 is 10.5 Å². The molecule has 0 spiro atoms. The fourth-order valence-electron chi connectivity index (χ4n) is 3.74. The molecule has 0 aliphatic rings. The standard InChI is InChI=1S/C25H25N5O2/c1-3-18-9-11-20(12-10-18)29(4-2)23(31)17-30-25(32)21-8-6-14-27-24(21)22(28-30)15-19-7-5-13-26-16-19/h5-14,16H,3-4,15,17H2,1-2H3. The van der Waals surface area contributed by atoms with Gasteiger partial charge in [-0.25, -0.2) is 4.68 Å². The number of likely N-dealkylation sites (N-methyl/N-ethyl adjacent to an activating group) is 1. The topological polar surface area (TPSA) is 81.0 Å². The van der Waals surface area contributed by atoms with Crippen molar-refractivity contribution < 1.29 is 4.79 Å². The number of carbonyl (C=O) groups is 1. The van der Waals surface area contributed by atoms with Gasteiger partial charge in [-0.1, -0.05) is 25.1 Å². The van der Waals surface area contributed by atoms with Gasteiger partial charge in [0.25, 0.3) is 5.56 Å². The minimum absolute atomic E-state index is 0.146. The van der Waals surface area contributed by atoms with Gasteiger partial charge in [-0.05, 0) is 54.8 Å². The summed E-state index contributed by atoms with van der Waals surface area (Å²) >= 11 is 0. The van der Waals surface area contributed by atoms with Gasteiger partial charge >= 0.3 is 0 Å². The van der Waals surface area contributed by atoms with Gasteiger partial charge in [0, 0.05) is 37.2 Å². The van der Waals surface area contributed by atoms with E-state index in [1.807, 2.05) is 43.3 Å². The molecule has 0 aliphatic heterocycles. The van der Waals surface area contributed by atoms with Crippen molar-refractivity contribution in [3.63, 3.8) is 0 Å². The van der Waals surface area contributed by atoms with Gasteiger partial charge in [0.05, 0.1) is 16.6 Å². The van der Waals surface area contributed by atoms with E-state index >= 15 is 0 Å². The highest BCUT2D eigenvalue weighted by Crippen LogP contribution is 2.17. The first kappa shape index (κ1) is 21.4. The van der Waals surface area contributed by atoms with E-state index in [0.29, 0.717) is 29.6 Å². The molecular weight excluding hydrogens is 402 g/mol. The van der Waals surface area contributed by atoms with Crippen molar-refractivity contribution in [2.45, 2.75) is 33.2 Å². The van der Waals surface area contributed by atoms with E-state index in [4.69, 9.17) is 0 Å². The van der Waals surface area contributed by atoms with E-state index in [2.05, 4.69) is 22.0 Å². The van der Waals surface area contributed by atoms with E-state index in [1.165, 1.54) is 10.2 Å². The van der Waals surface area contributed by atoms with Crippen LogP contribution in [0.5, 0.6) is 0 Å². The quantitative estimate of drug-likeness (QED) is 0.452. The van der Waals surface area contributed by atoms with Gasteiger partial charge in [-0.2, -0.15) is 5.10 Å². The van der Waals surface area contributed by atoms with Crippen LogP contribution in [0.15, 0.2) is 71.9 Å². The second-order valence-electron chi connectivity index (χ2n) is 7.51. The van der Waals surface area contributed by atoms with Crippen molar-refractivity contribution in [2.24, 2.45) is 0 Å². The number of hydrogen-bond donors (Lipinski definition) is 0. The van der Waals surface area contributed by atoms with Crippen LogP contribution in [0.4, 0.5) is 5.69 Å². The molecule has 32 heavy (non-hydrogen) atoms. The van der Waals surface area contributed by atoms with Crippen LogP contribution in [0, 0.1) is 0 Å². The zero-order valence-corrected chi connectivity index (χ0v) is 18.2. The number of fused-ring (bicyclic) bond motifs is 1. The van der Waals surface area contributed by atoms with Gasteiger partial charge in [-0.15, -0.1) is 0 Å². The van der Waals surface area contributed by atoms with Gasteiger partial charge in [0.2, 0.25) is 5.91 Å². The molecule has 0 aliphatic carbocycles. The van der Waals surface area contributed by atoms with E-state index in [9.17, 15) is 9.59 Å². The Kier molecular flexibility index (Phi) is 6.35.